The minimum atomic E-state index is -0.546. The number of hydrazone groups is 1. The minimum absolute atomic E-state index is 0.116. The van der Waals surface area contributed by atoms with E-state index in [-0.39, 0.29) is 11.7 Å². The molecule has 0 unspecified atom stereocenters. The highest BCUT2D eigenvalue weighted by Gasteiger charge is 2.05. The lowest BCUT2D eigenvalue weighted by Crippen LogP contribution is -2.12. The van der Waals surface area contributed by atoms with Crippen LogP contribution in [0.25, 0.3) is 0 Å². The van der Waals surface area contributed by atoms with Gasteiger partial charge in [-0.15, -0.1) is 0 Å². The average molecular weight is 196 g/mol. The van der Waals surface area contributed by atoms with E-state index in [0.29, 0.717) is 5.69 Å². The first-order chi connectivity index (χ1) is 6.59. The minimum Gasteiger partial charge on any atom is -0.358 e. The molecule has 0 aliphatic carbocycles. The first-order valence-electron chi connectivity index (χ1n) is 3.72. The Labute approximate surface area is 79.0 Å². The molecule has 0 bridgehead atoms. The molecule has 1 aromatic heterocycles. The van der Waals surface area contributed by atoms with Gasteiger partial charge in [0.2, 0.25) is 5.91 Å². The van der Waals surface area contributed by atoms with Gasteiger partial charge in [0.05, 0.1) is 6.21 Å². The Balaban J connectivity index is 2.64. The van der Waals surface area contributed by atoms with Crippen molar-refractivity contribution in [2.24, 2.45) is 5.10 Å². The van der Waals surface area contributed by atoms with Crippen molar-refractivity contribution in [2.75, 3.05) is 0 Å². The highest BCUT2D eigenvalue weighted by atomic mass is 16.6. The summed E-state index contributed by atoms with van der Waals surface area (Å²) in [4.78, 5) is 22.6. The van der Waals surface area contributed by atoms with Crippen molar-refractivity contribution in [2.45, 2.75) is 6.92 Å². The second-order valence-corrected chi connectivity index (χ2v) is 2.48. The molecule has 0 aliphatic rings. The third kappa shape index (κ3) is 2.70. The van der Waals surface area contributed by atoms with Gasteiger partial charge in [0, 0.05) is 13.0 Å². The maximum atomic E-state index is 10.4. The lowest BCUT2D eigenvalue weighted by Gasteiger charge is -1.88. The summed E-state index contributed by atoms with van der Waals surface area (Å²) in [7, 11) is 0. The van der Waals surface area contributed by atoms with Gasteiger partial charge in [-0.3, -0.25) is 4.79 Å². The third-order valence-electron chi connectivity index (χ3n) is 1.32. The van der Waals surface area contributed by atoms with Crippen molar-refractivity contribution in [3.8, 4) is 0 Å². The van der Waals surface area contributed by atoms with Crippen LogP contribution in [0.2, 0.25) is 0 Å². The molecule has 0 saturated carbocycles. The molecule has 0 fully saturated rings. The molecule has 1 rings (SSSR count). The highest BCUT2D eigenvalue weighted by molar-refractivity contribution is 5.80. The Morgan fingerprint density at radius 2 is 2.43 bits per heavy atom. The van der Waals surface area contributed by atoms with E-state index in [9.17, 15) is 14.9 Å². The number of amides is 1. The van der Waals surface area contributed by atoms with Crippen molar-refractivity contribution in [3.63, 3.8) is 0 Å². The van der Waals surface area contributed by atoms with E-state index < -0.39 is 4.92 Å². The molecule has 2 N–H and O–H groups in total. The van der Waals surface area contributed by atoms with Gasteiger partial charge in [0.1, 0.15) is 5.69 Å². The second kappa shape index (κ2) is 4.17. The molecule has 0 atom stereocenters. The van der Waals surface area contributed by atoms with Crippen LogP contribution >= 0.6 is 0 Å². The molecule has 0 aromatic carbocycles. The fraction of sp³-hybridized carbons (Fsp3) is 0.143. The molecule has 7 heteroatoms. The molecule has 0 saturated heterocycles. The molecule has 0 radical (unpaired) electrons. The molecular weight excluding hydrogens is 188 g/mol. The Morgan fingerprint density at radius 3 is 2.93 bits per heavy atom. The molecule has 1 amide bonds. The van der Waals surface area contributed by atoms with Crippen LogP contribution in [0, 0.1) is 10.1 Å². The second-order valence-electron chi connectivity index (χ2n) is 2.48. The number of H-pyrrole nitrogens is 1. The van der Waals surface area contributed by atoms with Crippen molar-refractivity contribution in [1.82, 2.24) is 10.4 Å². The van der Waals surface area contributed by atoms with Gasteiger partial charge in [0.25, 0.3) is 0 Å². The maximum absolute atomic E-state index is 10.4. The molecule has 7 nitrogen and oxygen atoms in total. The van der Waals surface area contributed by atoms with Gasteiger partial charge in [-0.25, -0.2) is 10.4 Å². The van der Waals surface area contributed by atoms with Crippen LogP contribution in [-0.2, 0) is 4.79 Å². The zero-order valence-corrected chi connectivity index (χ0v) is 7.35. The van der Waals surface area contributed by atoms with Crippen LogP contribution in [-0.4, -0.2) is 22.0 Å². The van der Waals surface area contributed by atoms with E-state index in [1.165, 1.54) is 25.3 Å². The van der Waals surface area contributed by atoms with Crippen LogP contribution in [0.4, 0.5) is 5.82 Å². The summed E-state index contributed by atoms with van der Waals surface area (Å²) in [5, 5.41) is 13.8. The largest absolute Gasteiger partial charge is 0.358 e. The third-order valence-corrected chi connectivity index (χ3v) is 1.32. The van der Waals surface area contributed by atoms with Gasteiger partial charge in [0.15, 0.2) is 0 Å². The van der Waals surface area contributed by atoms with Crippen LogP contribution < -0.4 is 5.43 Å². The highest BCUT2D eigenvalue weighted by Crippen LogP contribution is 2.07. The van der Waals surface area contributed by atoms with E-state index in [4.69, 9.17) is 0 Å². The van der Waals surface area contributed by atoms with Gasteiger partial charge in [-0.1, -0.05) is 0 Å². The van der Waals surface area contributed by atoms with Crippen molar-refractivity contribution < 1.29 is 9.72 Å². The Bertz CT molecular complexity index is 382. The SMILES string of the molecule is CC(=O)NN=Cc1ccc([N+](=O)[O-])[nH]1. The molecule has 0 aliphatic heterocycles. The summed E-state index contributed by atoms with van der Waals surface area (Å²) in [6.45, 7) is 1.31. The monoisotopic (exact) mass is 196 g/mol. The first kappa shape index (κ1) is 9.90. The molecule has 74 valence electrons. The predicted molar refractivity (Wildman–Crippen MR) is 48.9 cm³/mol. The quantitative estimate of drug-likeness (QED) is 0.415. The van der Waals surface area contributed by atoms with Gasteiger partial charge < -0.3 is 10.1 Å². The number of hydrogen-bond acceptors (Lipinski definition) is 4. The molecule has 14 heavy (non-hydrogen) atoms. The molecule has 0 spiro atoms. The summed E-state index contributed by atoms with van der Waals surface area (Å²) in [6.07, 6.45) is 1.29. The maximum Gasteiger partial charge on any atom is 0.321 e. The zero-order chi connectivity index (χ0) is 10.6. The molecule has 1 heterocycles. The van der Waals surface area contributed by atoms with Gasteiger partial charge in [-0.05, 0) is 11.0 Å². The summed E-state index contributed by atoms with van der Waals surface area (Å²) >= 11 is 0. The summed E-state index contributed by atoms with van der Waals surface area (Å²) in [6, 6.07) is 2.80. The lowest BCUT2D eigenvalue weighted by molar-refractivity contribution is -0.389. The summed E-state index contributed by atoms with van der Waals surface area (Å²) in [5.41, 5.74) is 2.62. The van der Waals surface area contributed by atoms with Gasteiger partial charge in [-0.2, -0.15) is 5.10 Å². The van der Waals surface area contributed by atoms with Crippen molar-refractivity contribution in [3.05, 3.63) is 27.9 Å². The number of aromatic amines is 1. The fourth-order valence-corrected chi connectivity index (χ4v) is 0.774. The van der Waals surface area contributed by atoms with E-state index >= 15 is 0 Å². The van der Waals surface area contributed by atoms with Crippen LogP contribution in [0.1, 0.15) is 12.6 Å². The van der Waals surface area contributed by atoms with Crippen molar-refractivity contribution >= 4 is 17.9 Å². The Kier molecular flexibility index (Phi) is 2.95. The van der Waals surface area contributed by atoms with E-state index in [1.54, 1.807) is 0 Å². The van der Waals surface area contributed by atoms with Crippen LogP contribution in [0.15, 0.2) is 17.2 Å². The van der Waals surface area contributed by atoms with Crippen LogP contribution in [0.5, 0.6) is 0 Å². The van der Waals surface area contributed by atoms with Crippen LogP contribution in [0.3, 0.4) is 0 Å². The number of nitrogens with one attached hydrogen (secondary N) is 2. The zero-order valence-electron chi connectivity index (χ0n) is 7.35. The molecular formula is C7H8N4O3. The van der Waals surface area contributed by atoms with E-state index in [2.05, 4.69) is 15.5 Å². The smallest absolute Gasteiger partial charge is 0.321 e. The van der Waals surface area contributed by atoms with E-state index in [0.717, 1.165) is 0 Å². The first-order valence-corrected chi connectivity index (χ1v) is 3.72. The number of nitrogens with zero attached hydrogens (tertiary/aromatic N) is 2. The van der Waals surface area contributed by atoms with Crippen molar-refractivity contribution in [1.29, 1.82) is 0 Å². The number of carbonyl (C=O) groups excluding carboxylic acids is 1. The topological polar surface area (TPSA) is 100 Å². The number of aromatic nitrogens is 1. The number of nitro groups is 1. The summed E-state index contributed by atoms with van der Waals surface area (Å²) < 4.78 is 0. The number of carbonyl (C=O) groups is 1. The molecule has 1 aromatic rings. The van der Waals surface area contributed by atoms with E-state index in [1.807, 2.05) is 0 Å². The Morgan fingerprint density at radius 1 is 1.71 bits per heavy atom. The Hall–Kier alpha value is -2.18. The number of rotatable bonds is 3. The lowest BCUT2D eigenvalue weighted by atomic mass is 10.5. The summed E-state index contributed by atoms with van der Waals surface area (Å²) in [5.74, 6) is -0.420. The van der Waals surface area contributed by atoms with Gasteiger partial charge >= 0.3 is 5.82 Å². The standard InChI is InChI=1S/C7H8N4O3/c1-5(12)10-8-4-6-2-3-7(9-6)11(13)14/h2-4,9H,1H3,(H,10,12). The number of hydrogen-bond donors (Lipinski definition) is 2. The normalized spacial score (nSPS) is 10.4. The fourth-order valence-electron chi connectivity index (χ4n) is 0.774. The predicted octanol–water partition coefficient (Wildman–Crippen LogP) is 0.393. The average Bonchev–Trinajstić information content (AvgIpc) is 2.52.